The van der Waals surface area contributed by atoms with Crippen LogP contribution in [-0.2, 0) is 37.9 Å². The molecule has 0 saturated carbocycles. The lowest BCUT2D eigenvalue weighted by Gasteiger charge is -2.35. The minimum atomic E-state index is -0.158. The molecule has 0 saturated heterocycles. The Morgan fingerprint density at radius 2 is 0.649 bits per heavy atom. The summed E-state index contributed by atoms with van der Waals surface area (Å²) in [7, 11) is 0. The summed E-state index contributed by atoms with van der Waals surface area (Å²) in [4.78, 5) is 33.2. The molecule has 0 fully saturated rings. The first-order chi connectivity index (χ1) is 45.4. The number of hydrogen-bond acceptors (Lipinski definition) is 7. The highest BCUT2D eigenvalue weighted by Crippen LogP contribution is 2.47. The van der Waals surface area contributed by atoms with Crippen molar-refractivity contribution in [3.05, 3.63) is 215 Å². The summed E-state index contributed by atoms with van der Waals surface area (Å²) in [6.45, 7) is 47.6. The first-order valence-electron chi connectivity index (χ1n) is 34.7. The Kier molecular flexibility index (Phi) is 15.2. The van der Waals surface area contributed by atoms with E-state index in [-0.39, 0.29) is 44.6 Å². The van der Waals surface area contributed by atoms with Crippen molar-refractivity contribution in [2.45, 2.75) is 183 Å². The summed E-state index contributed by atoms with van der Waals surface area (Å²) >= 11 is 0. The van der Waals surface area contributed by atoms with Crippen LogP contribution < -0.4 is 21.1 Å². The second-order valence-electron chi connectivity index (χ2n) is 34.6. The van der Waals surface area contributed by atoms with E-state index in [1.165, 1.54) is 66.2 Å². The van der Waals surface area contributed by atoms with Crippen molar-refractivity contribution in [2.75, 3.05) is 0 Å². The van der Waals surface area contributed by atoms with E-state index in [1.807, 2.05) is 0 Å². The van der Waals surface area contributed by atoms with Gasteiger partial charge in [0.1, 0.15) is 11.5 Å². The van der Waals surface area contributed by atoms with Gasteiger partial charge in [0.2, 0.25) is 0 Å². The van der Waals surface area contributed by atoms with Crippen LogP contribution in [0.4, 0.5) is 0 Å². The molecule has 2 aliphatic rings. The number of nitrogens with zero attached hydrogens (tertiary/aromatic N) is 7. The molecule has 3 aromatic heterocycles. The Hall–Kier alpha value is -9.34. The zero-order valence-electron chi connectivity index (χ0n) is 60.9. The predicted molar refractivity (Wildman–Crippen MR) is 408 cm³/mol. The van der Waals surface area contributed by atoms with Crippen molar-refractivity contribution < 1.29 is 4.74 Å². The van der Waals surface area contributed by atoms with Crippen LogP contribution in [0.5, 0.6) is 11.5 Å². The summed E-state index contributed by atoms with van der Waals surface area (Å²) < 4.78 is 10.1. The number of benzene rings is 9. The molecule has 0 spiro atoms. The van der Waals surface area contributed by atoms with Crippen LogP contribution >= 0.6 is 0 Å². The molecule has 0 amide bonds. The standard InChI is InChI=1S/C88H92BN7O/c1-82(2,3)56-33-25-51(26-34-56)76-90-77(52-27-35-57(36-28-52)83(4,5)6)93-80(92-76)63-23-22-24-64(81-94-78(53-29-37-58(38-30-53)84(7,8)9)91-79(95-81)54-31-39-59(40-32-54)85(10,11)12)73(63)55-45-70-74-72(46-55)97-71-44-42-61(87(16,17)18)49-67(71)89(74)68-50-62(88(19,20)21)48-66-65-47-60(86(13,14)15)41-43-69(65)96(70)75(66)68/h22-50H,1-21H3. The molecule has 5 heterocycles. The van der Waals surface area contributed by atoms with E-state index >= 15 is 0 Å². The van der Waals surface area contributed by atoms with Gasteiger partial charge in [-0.1, -0.05) is 285 Å². The lowest BCUT2D eigenvalue weighted by atomic mass is 9.34. The second-order valence-corrected chi connectivity index (χ2v) is 34.6. The number of ether oxygens (including phenoxy) is 1. The summed E-state index contributed by atoms with van der Waals surface area (Å²) in [5, 5.41) is 2.47. The highest BCUT2D eigenvalue weighted by Gasteiger charge is 2.43. The minimum absolute atomic E-state index is 0.0560. The molecule has 0 radical (unpaired) electrons. The summed E-state index contributed by atoms with van der Waals surface area (Å²) in [6, 6.07) is 64.9. The number of fused-ring (bicyclic) bond motifs is 7. The van der Waals surface area contributed by atoms with E-state index in [1.54, 1.807) is 0 Å². The molecular formula is C88H92BN7O. The van der Waals surface area contributed by atoms with Gasteiger partial charge in [-0.25, -0.2) is 29.9 Å². The molecule has 0 aliphatic carbocycles. The van der Waals surface area contributed by atoms with Crippen LogP contribution in [0.1, 0.15) is 184 Å². The molecule has 488 valence electrons. The van der Waals surface area contributed by atoms with Crippen LogP contribution in [0, 0.1) is 0 Å². The van der Waals surface area contributed by atoms with Gasteiger partial charge in [0.25, 0.3) is 6.71 Å². The topological polar surface area (TPSA) is 91.5 Å². The molecular weight excluding hydrogens is 1180 g/mol. The van der Waals surface area contributed by atoms with Gasteiger partial charge in [-0.05, 0) is 135 Å². The van der Waals surface area contributed by atoms with Crippen LogP contribution in [0.2, 0.25) is 0 Å². The van der Waals surface area contributed by atoms with Crippen molar-refractivity contribution in [1.82, 2.24) is 34.5 Å². The monoisotopic (exact) mass is 1270 g/mol. The van der Waals surface area contributed by atoms with E-state index in [9.17, 15) is 0 Å². The Morgan fingerprint density at radius 1 is 0.299 bits per heavy atom. The van der Waals surface area contributed by atoms with Crippen LogP contribution in [0.15, 0.2) is 176 Å². The third-order valence-corrected chi connectivity index (χ3v) is 20.1. The fourth-order valence-corrected chi connectivity index (χ4v) is 14.0. The maximum atomic E-state index is 7.55. The Labute approximate surface area is 575 Å². The van der Waals surface area contributed by atoms with E-state index in [0.717, 1.165) is 72.7 Å². The minimum Gasteiger partial charge on any atom is -0.458 e. The first-order valence-corrected chi connectivity index (χ1v) is 34.7. The molecule has 0 atom stereocenters. The van der Waals surface area contributed by atoms with E-state index in [0.29, 0.717) is 34.9 Å². The second kappa shape index (κ2) is 22.6. The van der Waals surface area contributed by atoms with Crippen molar-refractivity contribution in [3.8, 4) is 96.6 Å². The lowest BCUT2D eigenvalue weighted by Crippen LogP contribution is -2.58. The quantitative estimate of drug-likeness (QED) is 0.147. The third kappa shape index (κ3) is 11.9. The fraction of sp³-hybridized carbons (Fsp3) is 0.318. The fourth-order valence-electron chi connectivity index (χ4n) is 14.0. The number of hydrogen-bond donors (Lipinski definition) is 0. The molecule has 9 aromatic carbocycles. The van der Waals surface area contributed by atoms with Gasteiger partial charge >= 0.3 is 0 Å². The van der Waals surface area contributed by atoms with Gasteiger partial charge in [0.15, 0.2) is 34.9 Å². The number of aromatic nitrogens is 7. The maximum absolute atomic E-state index is 7.55. The van der Waals surface area contributed by atoms with Gasteiger partial charge < -0.3 is 9.30 Å². The van der Waals surface area contributed by atoms with Crippen molar-refractivity contribution in [1.29, 1.82) is 0 Å². The Morgan fingerprint density at radius 3 is 1.05 bits per heavy atom. The first kappa shape index (κ1) is 65.0. The Balaban J connectivity index is 1.11. The summed E-state index contributed by atoms with van der Waals surface area (Å²) in [5.41, 5.74) is 22.0. The van der Waals surface area contributed by atoms with E-state index in [4.69, 9.17) is 34.6 Å². The normalized spacial score (nSPS) is 13.5. The molecule has 14 rings (SSSR count). The largest absolute Gasteiger partial charge is 0.458 e. The molecule has 97 heavy (non-hydrogen) atoms. The van der Waals surface area contributed by atoms with Crippen molar-refractivity contribution >= 4 is 44.9 Å². The van der Waals surface area contributed by atoms with E-state index in [2.05, 4.69) is 326 Å². The Bertz CT molecular complexity index is 4790. The average Bonchev–Trinajstić information content (AvgIpc) is 1.63. The van der Waals surface area contributed by atoms with E-state index < -0.39 is 0 Å². The van der Waals surface area contributed by atoms with Gasteiger partial charge in [-0.3, -0.25) is 0 Å². The molecule has 12 aromatic rings. The molecule has 0 bridgehead atoms. The highest BCUT2D eigenvalue weighted by molar-refractivity contribution is 6.99. The van der Waals surface area contributed by atoms with Gasteiger partial charge in [0.05, 0.1) is 5.52 Å². The number of rotatable bonds is 7. The summed E-state index contributed by atoms with van der Waals surface area (Å²) in [5.74, 6) is 4.92. The van der Waals surface area contributed by atoms with Gasteiger partial charge in [-0.2, -0.15) is 0 Å². The van der Waals surface area contributed by atoms with Crippen molar-refractivity contribution in [3.63, 3.8) is 0 Å². The van der Waals surface area contributed by atoms with Gasteiger partial charge in [-0.15, -0.1) is 0 Å². The average molecular weight is 1270 g/mol. The molecule has 9 heteroatoms. The maximum Gasteiger partial charge on any atom is 0.256 e. The van der Waals surface area contributed by atoms with Crippen LogP contribution in [0.3, 0.4) is 0 Å². The SMILES string of the molecule is CC(C)(C)c1ccc(-c2nc(-c3ccc(C(C)(C)C)cc3)nc(-c3cccc(-c4nc(-c5ccc(C(C)(C)C)cc5)nc(-c5ccc(C(C)(C)C)cc5)n4)c3-c3cc4c5c(c3)-n3c6ccc(C(C)(C)C)cc6c6cc(C(C)(C)C)cc(c63)B5c3cc(C(C)(C)C)ccc3O4)n2)cc1. The zero-order chi connectivity index (χ0) is 69.0. The molecule has 2 aliphatic heterocycles. The zero-order valence-corrected chi connectivity index (χ0v) is 60.9. The lowest BCUT2D eigenvalue weighted by molar-refractivity contribution is 0.486. The summed E-state index contributed by atoms with van der Waals surface area (Å²) in [6.07, 6.45) is 0. The van der Waals surface area contributed by atoms with Gasteiger partial charge in [0, 0.05) is 60.9 Å². The van der Waals surface area contributed by atoms with Crippen LogP contribution in [-0.4, -0.2) is 41.2 Å². The molecule has 8 nitrogen and oxygen atoms in total. The molecule has 0 N–H and O–H groups in total. The predicted octanol–water partition coefficient (Wildman–Crippen LogP) is 20.8. The smallest absolute Gasteiger partial charge is 0.256 e. The van der Waals surface area contributed by atoms with Crippen molar-refractivity contribution in [2.24, 2.45) is 0 Å². The molecule has 0 unspecified atom stereocenters. The highest BCUT2D eigenvalue weighted by atomic mass is 16.5. The third-order valence-electron chi connectivity index (χ3n) is 20.1. The van der Waals surface area contributed by atoms with Crippen LogP contribution in [0.25, 0.3) is 107 Å².